The smallest absolute Gasteiger partial charge is 0.250 e. The van der Waals surface area contributed by atoms with Gasteiger partial charge in [0.15, 0.2) is 11.0 Å². The number of amides is 1. The van der Waals surface area contributed by atoms with Gasteiger partial charge < -0.3 is 0 Å². The SMILES string of the molecule is Cc1ccc(-c2nnc(SCC(=O)N/N=C/c3ccc(C(C)C)cc3)n2-c2ccccc2)cc1. The van der Waals surface area contributed by atoms with Crippen LogP contribution in [0.15, 0.2) is 89.1 Å². The molecule has 1 amide bonds. The predicted octanol–water partition coefficient (Wildman–Crippen LogP) is 5.61. The molecule has 6 nitrogen and oxygen atoms in total. The Kier molecular flexibility index (Phi) is 7.54. The number of para-hydroxylation sites is 1. The van der Waals surface area contributed by atoms with E-state index in [1.54, 1.807) is 6.21 Å². The number of nitrogens with zero attached hydrogens (tertiary/aromatic N) is 4. The van der Waals surface area contributed by atoms with E-state index in [1.807, 2.05) is 71.3 Å². The average Bonchev–Trinajstić information content (AvgIpc) is 3.28. The highest BCUT2D eigenvalue weighted by atomic mass is 32.2. The number of benzene rings is 3. The van der Waals surface area contributed by atoms with Crippen LogP contribution in [0.1, 0.15) is 36.5 Å². The molecule has 0 radical (unpaired) electrons. The van der Waals surface area contributed by atoms with E-state index in [-0.39, 0.29) is 11.7 Å². The number of hydrogen-bond donors (Lipinski definition) is 1. The lowest BCUT2D eigenvalue weighted by Crippen LogP contribution is -2.20. The molecule has 0 spiro atoms. The zero-order valence-corrected chi connectivity index (χ0v) is 20.3. The summed E-state index contributed by atoms with van der Waals surface area (Å²) in [6.07, 6.45) is 1.65. The Morgan fingerprint density at radius 2 is 1.71 bits per heavy atom. The lowest BCUT2D eigenvalue weighted by Gasteiger charge is -2.10. The van der Waals surface area contributed by atoms with Crippen LogP contribution in [0.25, 0.3) is 17.1 Å². The number of thioether (sulfide) groups is 1. The molecule has 0 aliphatic rings. The molecule has 3 aromatic carbocycles. The minimum absolute atomic E-state index is 0.169. The molecule has 4 aromatic rings. The highest BCUT2D eigenvalue weighted by molar-refractivity contribution is 7.99. The Balaban J connectivity index is 1.45. The summed E-state index contributed by atoms with van der Waals surface area (Å²) in [6, 6.07) is 26.2. The maximum absolute atomic E-state index is 12.4. The lowest BCUT2D eigenvalue weighted by molar-refractivity contribution is -0.118. The minimum atomic E-state index is -0.209. The van der Waals surface area contributed by atoms with Crippen LogP contribution in [0.5, 0.6) is 0 Å². The van der Waals surface area contributed by atoms with Gasteiger partial charge >= 0.3 is 0 Å². The highest BCUT2D eigenvalue weighted by Crippen LogP contribution is 2.28. The van der Waals surface area contributed by atoms with Crippen LogP contribution in [-0.4, -0.2) is 32.6 Å². The van der Waals surface area contributed by atoms with Crippen LogP contribution in [0.2, 0.25) is 0 Å². The number of nitrogens with one attached hydrogen (secondary N) is 1. The highest BCUT2D eigenvalue weighted by Gasteiger charge is 2.17. The van der Waals surface area contributed by atoms with Gasteiger partial charge in [-0.1, -0.05) is 97.9 Å². The van der Waals surface area contributed by atoms with Crippen molar-refractivity contribution < 1.29 is 4.79 Å². The molecule has 4 rings (SSSR count). The molecule has 1 aromatic heterocycles. The van der Waals surface area contributed by atoms with Crippen LogP contribution in [0.3, 0.4) is 0 Å². The molecule has 34 heavy (non-hydrogen) atoms. The summed E-state index contributed by atoms with van der Waals surface area (Å²) in [4.78, 5) is 12.4. The van der Waals surface area contributed by atoms with E-state index in [4.69, 9.17) is 0 Å². The Morgan fingerprint density at radius 1 is 1.00 bits per heavy atom. The van der Waals surface area contributed by atoms with Crippen LogP contribution >= 0.6 is 11.8 Å². The molecular weight excluding hydrogens is 442 g/mol. The Labute approximate surface area is 204 Å². The average molecular weight is 470 g/mol. The third-order valence-corrected chi connectivity index (χ3v) is 6.22. The summed E-state index contributed by atoms with van der Waals surface area (Å²) in [6.45, 7) is 6.36. The van der Waals surface area contributed by atoms with Crippen molar-refractivity contribution in [2.75, 3.05) is 5.75 Å². The second kappa shape index (κ2) is 10.9. The molecule has 1 N–H and O–H groups in total. The predicted molar refractivity (Wildman–Crippen MR) is 139 cm³/mol. The molecule has 7 heteroatoms. The molecule has 0 saturated heterocycles. The monoisotopic (exact) mass is 469 g/mol. The summed E-state index contributed by atoms with van der Waals surface area (Å²) in [7, 11) is 0. The van der Waals surface area contributed by atoms with Gasteiger partial charge in [0.25, 0.3) is 5.91 Å². The maximum atomic E-state index is 12.4. The zero-order chi connectivity index (χ0) is 23.9. The van der Waals surface area contributed by atoms with Crippen molar-refractivity contribution in [3.05, 3.63) is 95.6 Å². The topological polar surface area (TPSA) is 72.2 Å². The van der Waals surface area contributed by atoms with E-state index in [1.165, 1.54) is 22.9 Å². The van der Waals surface area contributed by atoms with E-state index in [2.05, 4.69) is 53.6 Å². The first kappa shape index (κ1) is 23.4. The van der Waals surface area contributed by atoms with E-state index in [9.17, 15) is 4.79 Å². The summed E-state index contributed by atoms with van der Waals surface area (Å²) in [5.41, 5.74) is 7.88. The second-order valence-electron chi connectivity index (χ2n) is 8.25. The summed E-state index contributed by atoms with van der Waals surface area (Å²) in [5.74, 6) is 1.17. The molecule has 0 unspecified atom stereocenters. The Hall–Kier alpha value is -3.71. The quantitative estimate of drug-likeness (QED) is 0.207. The molecule has 0 saturated carbocycles. The lowest BCUT2D eigenvalue weighted by atomic mass is 10.0. The third kappa shape index (κ3) is 5.80. The number of hydrazone groups is 1. The third-order valence-electron chi connectivity index (χ3n) is 5.30. The Bertz CT molecular complexity index is 1260. The van der Waals surface area contributed by atoms with Gasteiger partial charge in [0.2, 0.25) is 0 Å². The number of aryl methyl sites for hydroxylation is 1. The molecule has 0 aliphatic carbocycles. The normalized spacial score (nSPS) is 11.3. The van der Waals surface area contributed by atoms with Crippen molar-refractivity contribution >= 4 is 23.9 Å². The van der Waals surface area contributed by atoms with Gasteiger partial charge in [-0.2, -0.15) is 5.10 Å². The molecule has 0 atom stereocenters. The van der Waals surface area contributed by atoms with Crippen molar-refractivity contribution in [3.8, 4) is 17.1 Å². The van der Waals surface area contributed by atoms with Crippen LogP contribution in [0.4, 0.5) is 0 Å². The summed E-state index contributed by atoms with van der Waals surface area (Å²) < 4.78 is 1.97. The fourth-order valence-electron chi connectivity index (χ4n) is 3.37. The molecule has 0 bridgehead atoms. The van der Waals surface area contributed by atoms with E-state index in [0.717, 1.165) is 22.6 Å². The molecule has 172 valence electrons. The van der Waals surface area contributed by atoms with Crippen molar-refractivity contribution in [2.24, 2.45) is 5.10 Å². The van der Waals surface area contributed by atoms with E-state index < -0.39 is 0 Å². The van der Waals surface area contributed by atoms with Gasteiger partial charge in [-0.25, -0.2) is 5.43 Å². The zero-order valence-electron chi connectivity index (χ0n) is 19.5. The molecular formula is C27H27N5OS. The number of carbonyl (C=O) groups excluding carboxylic acids is 1. The van der Waals surface area contributed by atoms with Crippen molar-refractivity contribution in [1.82, 2.24) is 20.2 Å². The summed E-state index contributed by atoms with van der Waals surface area (Å²) >= 11 is 1.32. The molecule has 1 heterocycles. The minimum Gasteiger partial charge on any atom is -0.272 e. The van der Waals surface area contributed by atoms with Crippen molar-refractivity contribution in [1.29, 1.82) is 0 Å². The van der Waals surface area contributed by atoms with Gasteiger partial charge in [-0.05, 0) is 36.1 Å². The first-order chi connectivity index (χ1) is 16.5. The number of carbonyl (C=O) groups is 1. The van der Waals surface area contributed by atoms with Gasteiger partial charge in [0.05, 0.1) is 12.0 Å². The standard InChI is InChI=1S/C27H27N5OS/c1-19(2)22-15-11-21(12-16-22)17-28-29-25(33)18-34-27-31-30-26(23-13-9-20(3)10-14-23)32(27)24-7-5-4-6-8-24/h4-17,19H,18H2,1-3H3,(H,29,33)/b28-17+. The first-order valence-electron chi connectivity index (χ1n) is 11.1. The van der Waals surface area contributed by atoms with Crippen LogP contribution in [0, 0.1) is 6.92 Å². The maximum Gasteiger partial charge on any atom is 0.250 e. The number of aromatic nitrogens is 3. The molecule has 0 fully saturated rings. The Morgan fingerprint density at radius 3 is 2.38 bits per heavy atom. The van der Waals surface area contributed by atoms with Gasteiger partial charge in [0, 0.05) is 11.3 Å². The molecule has 0 aliphatic heterocycles. The largest absolute Gasteiger partial charge is 0.272 e. The first-order valence-corrected chi connectivity index (χ1v) is 12.1. The van der Waals surface area contributed by atoms with Crippen LogP contribution < -0.4 is 5.43 Å². The van der Waals surface area contributed by atoms with Crippen molar-refractivity contribution in [2.45, 2.75) is 31.8 Å². The van der Waals surface area contributed by atoms with E-state index in [0.29, 0.717) is 11.1 Å². The van der Waals surface area contributed by atoms with E-state index >= 15 is 0 Å². The summed E-state index contributed by atoms with van der Waals surface area (Å²) in [5, 5.41) is 13.5. The fraction of sp³-hybridized carbons (Fsp3) is 0.185. The second-order valence-corrected chi connectivity index (χ2v) is 9.19. The van der Waals surface area contributed by atoms with Gasteiger partial charge in [0.1, 0.15) is 0 Å². The fourth-order valence-corrected chi connectivity index (χ4v) is 4.12. The van der Waals surface area contributed by atoms with Crippen molar-refractivity contribution in [3.63, 3.8) is 0 Å². The number of rotatable bonds is 8. The van der Waals surface area contributed by atoms with Gasteiger partial charge in [-0.15, -0.1) is 10.2 Å². The van der Waals surface area contributed by atoms with Crippen LogP contribution in [-0.2, 0) is 4.79 Å². The van der Waals surface area contributed by atoms with Gasteiger partial charge in [-0.3, -0.25) is 9.36 Å². The number of hydrogen-bond acceptors (Lipinski definition) is 5.